The number of ether oxygens (including phenoxy) is 1. The van der Waals surface area contributed by atoms with Crippen LogP contribution in [-0.2, 0) is 14.4 Å². The van der Waals surface area contributed by atoms with E-state index in [1.54, 1.807) is 43.0 Å². The van der Waals surface area contributed by atoms with Gasteiger partial charge in [0, 0.05) is 22.9 Å². The van der Waals surface area contributed by atoms with Crippen molar-refractivity contribution in [1.29, 1.82) is 0 Å². The maximum atomic E-state index is 13.2. The number of thioether (sulfide) groups is 2. The first kappa shape index (κ1) is 35.4. The summed E-state index contributed by atoms with van der Waals surface area (Å²) in [6.07, 6.45) is 9.82. The first-order chi connectivity index (χ1) is 22.3. The first-order valence-corrected chi connectivity index (χ1v) is 18.4. The van der Waals surface area contributed by atoms with Gasteiger partial charge in [0.15, 0.2) is 6.61 Å². The average Bonchev–Trinajstić information content (AvgIpc) is 3.25. The van der Waals surface area contributed by atoms with Gasteiger partial charge in [-0.3, -0.25) is 9.59 Å². The van der Waals surface area contributed by atoms with Crippen molar-refractivity contribution in [3.63, 3.8) is 0 Å². The van der Waals surface area contributed by atoms with Crippen LogP contribution in [0.25, 0.3) is 0 Å². The Kier molecular flexibility index (Phi) is 13.5. The van der Waals surface area contributed by atoms with Crippen molar-refractivity contribution >= 4 is 53.0 Å². The third kappa shape index (κ3) is 9.32. The monoisotopic (exact) mass is 661 g/mol. The van der Waals surface area contributed by atoms with Gasteiger partial charge in [0.25, 0.3) is 5.91 Å². The van der Waals surface area contributed by atoms with Crippen LogP contribution >= 0.6 is 23.5 Å². The Morgan fingerprint density at radius 1 is 1.00 bits per heavy atom. The summed E-state index contributed by atoms with van der Waals surface area (Å²) >= 11 is 3.48. The number of anilines is 2. The fourth-order valence-electron chi connectivity index (χ4n) is 5.83. The van der Waals surface area contributed by atoms with Gasteiger partial charge in [-0.05, 0) is 61.3 Å². The highest BCUT2D eigenvalue weighted by molar-refractivity contribution is 7.99. The van der Waals surface area contributed by atoms with Crippen molar-refractivity contribution in [2.24, 2.45) is 5.41 Å². The first-order valence-electron chi connectivity index (χ1n) is 16.2. The van der Waals surface area contributed by atoms with Crippen molar-refractivity contribution in [2.45, 2.75) is 81.2 Å². The Morgan fingerprint density at radius 2 is 1.65 bits per heavy atom. The smallest absolute Gasteiger partial charge is 0.258 e. The highest BCUT2D eigenvalue weighted by atomic mass is 32.2. The van der Waals surface area contributed by atoms with Gasteiger partial charge in [0.2, 0.25) is 5.91 Å². The molecule has 0 aliphatic carbocycles. The van der Waals surface area contributed by atoms with Crippen molar-refractivity contribution < 1.29 is 19.1 Å². The highest BCUT2D eigenvalue weighted by Crippen LogP contribution is 2.50. The molecule has 4 rings (SSSR count). The van der Waals surface area contributed by atoms with Gasteiger partial charge in [-0.25, -0.2) is 0 Å². The van der Waals surface area contributed by atoms with Crippen molar-refractivity contribution in [1.82, 2.24) is 10.6 Å². The Labute approximate surface area is 282 Å². The molecule has 0 spiro atoms. The minimum atomic E-state index is -0.957. The number of amides is 2. The van der Waals surface area contributed by atoms with E-state index < -0.39 is 23.9 Å². The zero-order valence-electron chi connectivity index (χ0n) is 27.4. The van der Waals surface area contributed by atoms with Gasteiger partial charge in [-0.15, -0.1) is 23.5 Å². The predicted octanol–water partition coefficient (Wildman–Crippen LogP) is 7.96. The molecular weight excluding hydrogens is 615 g/mol. The van der Waals surface area contributed by atoms with Crippen LogP contribution in [0.4, 0.5) is 11.4 Å². The summed E-state index contributed by atoms with van der Waals surface area (Å²) in [5.74, 6) is 0.781. The van der Waals surface area contributed by atoms with E-state index in [1.165, 1.54) is 44.2 Å². The molecule has 0 saturated carbocycles. The molecule has 9 heteroatoms. The van der Waals surface area contributed by atoms with E-state index in [1.807, 2.05) is 24.1 Å². The molecule has 246 valence electrons. The van der Waals surface area contributed by atoms with Crippen LogP contribution in [-0.4, -0.2) is 49.3 Å². The fourth-order valence-corrected chi connectivity index (χ4v) is 7.73. The van der Waals surface area contributed by atoms with E-state index in [4.69, 9.17) is 4.74 Å². The molecule has 0 radical (unpaired) electrons. The molecule has 0 bridgehead atoms. The van der Waals surface area contributed by atoms with Crippen molar-refractivity contribution in [3.05, 3.63) is 78.4 Å². The van der Waals surface area contributed by atoms with Crippen LogP contribution in [0.2, 0.25) is 0 Å². The largest absolute Gasteiger partial charge is 0.483 e. The number of hydrogen-bond donors (Lipinski definition) is 2. The van der Waals surface area contributed by atoms with Gasteiger partial charge in [0.05, 0.1) is 16.6 Å². The van der Waals surface area contributed by atoms with Crippen LogP contribution in [0, 0.1) is 5.41 Å². The average molecular weight is 662 g/mol. The Bertz CT molecular complexity index is 1430. The van der Waals surface area contributed by atoms with Gasteiger partial charge in [-0.1, -0.05) is 88.1 Å². The SMILES string of the molecule is CCCCC1(CCCC)CSc2cc(OCC(=O)NC(C(=O)N[C@@H](C)C=O)c3ccccc3)c(SC)cc2N(c2ccccc2)C1. The molecule has 2 atom stereocenters. The molecule has 1 aliphatic rings. The molecule has 1 aliphatic heterocycles. The van der Waals surface area contributed by atoms with E-state index in [-0.39, 0.29) is 12.0 Å². The third-order valence-electron chi connectivity index (χ3n) is 8.39. The summed E-state index contributed by atoms with van der Waals surface area (Å²) in [5.41, 5.74) is 3.14. The number of nitrogens with one attached hydrogen (secondary N) is 2. The van der Waals surface area contributed by atoms with Gasteiger partial charge < -0.3 is 25.1 Å². The van der Waals surface area contributed by atoms with Gasteiger partial charge >= 0.3 is 0 Å². The van der Waals surface area contributed by atoms with E-state index in [0.29, 0.717) is 17.6 Å². The molecule has 7 nitrogen and oxygen atoms in total. The number of fused-ring (bicyclic) bond motifs is 1. The second-order valence-corrected chi connectivity index (χ2v) is 13.9. The number of nitrogens with zero attached hydrogens (tertiary/aromatic N) is 1. The third-order valence-corrected chi connectivity index (χ3v) is 10.5. The number of unbranched alkanes of at least 4 members (excludes halogenated alkanes) is 2. The van der Waals surface area contributed by atoms with Crippen molar-refractivity contribution in [2.75, 3.05) is 30.1 Å². The maximum Gasteiger partial charge on any atom is 0.258 e. The lowest BCUT2D eigenvalue weighted by molar-refractivity contribution is -0.131. The van der Waals surface area contributed by atoms with Crippen LogP contribution < -0.4 is 20.3 Å². The summed E-state index contributed by atoms with van der Waals surface area (Å²) < 4.78 is 6.19. The summed E-state index contributed by atoms with van der Waals surface area (Å²) in [5, 5.41) is 5.45. The van der Waals surface area contributed by atoms with Crippen LogP contribution in [0.5, 0.6) is 5.75 Å². The van der Waals surface area contributed by atoms with Crippen molar-refractivity contribution in [3.8, 4) is 5.75 Å². The van der Waals surface area contributed by atoms with E-state index in [9.17, 15) is 14.4 Å². The summed E-state index contributed by atoms with van der Waals surface area (Å²) in [7, 11) is 0. The lowest BCUT2D eigenvalue weighted by Crippen LogP contribution is -2.45. The van der Waals surface area contributed by atoms with E-state index >= 15 is 0 Å². The molecule has 2 amide bonds. The van der Waals surface area contributed by atoms with E-state index in [0.717, 1.165) is 27.8 Å². The Hall–Kier alpha value is -3.43. The van der Waals surface area contributed by atoms with Crippen LogP contribution in [0.1, 0.15) is 70.9 Å². The van der Waals surface area contributed by atoms with Crippen LogP contribution in [0.15, 0.2) is 82.6 Å². The predicted molar refractivity (Wildman–Crippen MR) is 190 cm³/mol. The number of hydrogen-bond acceptors (Lipinski definition) is 7. The molecule has 46 heavy (non-hydrogen) atoms. The number of para-hydroxylation sites is 1. The Morgan fingerprint density at radius 3 is 2.26 bits per heavy atom. The zero-order chi connectivity index (χ0) is 32.9. The quantitative estimate of drug-likeness (QED) is 0.119. The van der Waals surface area contributed by atoms with E-state index in [2.05, 4.69) is 71.8 Å². The summed E-state index contributed by atoms with van der Waals surface area (Å²) in [6, 6.07) is 22.3. The molecule has 1 unspecified atom stereocenters. The molecule has 0 saturated heterocycles. The molecule has 0 aromatic heterocycles. The molecule has 3 aromatic carbocycles. The number of carbonyl (C=O) groups is 3. The lowest BCUT2D eigenvalue weighted by Gasteiger charge is -2.37. The lowest BCUT2D eigenvalue weighted by atomic mass is 9.79. The van der Waals surface area contributed by atoms with Gasteiger partial charge in [0.1, 0.15) is 18.1 Å². The van der Waals surface area contributed by atoms with Crippen LogP contribution in [0.3, 0.4) is 0 Å². The Balaban J connectivity index is 1.60. The number of carbonyl (C=O) groups excluding carboxylic acids is 3. The maximum absolute atomic E-state index is 13.2. The molecule has 2 N–H and O–H groups in total. The molecular formula is C37H47N3O4S2. The molecule has 0 fully saturated rings. The standard InChI is InChI=1S/C37H47N3O4S2/c1-5-7-19-37(20-8-6-2)25-40(29-17-13-10-14-18-29)30-21-33(45-4)31(22-32(30)46-26-37)44-24-34(42)39-35(28-15-11-9-12-16-28)36(43)38-27(3)23-41/h9-18,21-23,27,35H,5-8,19-20,24-26H2,1-4H3,(H,38,43)(H,39,42)/t27-,35?/m0/s1. The molecule has 3 aromatic rings. The minimum absolute atomic E-state index is 0.181. The molecule has 1 heterocycles. The minimum Gasteiger partial charge on any atom is -0.483 e. The fraction of sp³-hybridized carbons (Fsp3) is 0.432. The number of rotatable bonds is 16. The van der Waals surface area contributed by atoms with Gasteiger partial charge in [-0.2, -0.15) is 0 Å². The zero-order valence-corrected chi connectivity index (χ0v) is 29.1. The topological polar surface area (TPSA) is 87.7 Å². The second-order valence-electron chi connectivity index (χ2n) is 12.0. The number of benzene rings is 3. The summed E-state index contributed by atoms with van der Waals surface area (Å²) in [6.45, 7) is 6.83. The second kappa shape index (κ2) is 17.5. The highest BCUT2D eigenvalue weighted by Gasteiger charge is 2.36. The normalized spacial score (nSPS) is 15.2. The summed E-state index contributed by atoms with van der Waals surface area (Å²) in [4.78, 5) is 42.0. The number of aldehydes is 1.